The maximum Gasteiger partial charge on any atom is 0.271 e. The van der Waals surface area contributed by atoms with Crippen molar-refractivity contribution in [2.45, 2.75) is 19.3 Å². The third kappa shape index (κ3) is 3.52. The molecule has 0 fully saturated rings. The SMILES string of the molecule is COc1ccc(CCCc2cccc3c(N)c(C(N)=O)nnc23)cc1. The van der Waals surface area contributed by atoms with Crippen LogP contribution in [-0.4, -0.2) is 23.2 Å². The van der Waals surface area contributed by atoms with Crippen LogP contribution < -0.4 is 16.2 Å². The third-order valence-electron chi connectivity index (χ3n) is 4.22. The van der Waals surface area contributed by atoms with Gasteiger partial charge in [-0.1, -0.05) is 30.3 Å². The van der Waals surface area contributed by atoms with E-state index < -0.39 is 5.91 Å². The fourth-order valence-electron chi connectivity index (χ4n) is 2.87. The lowest BCUT2D eigenvalue weighted by atomic mass is 10.0. The van der Waals surface area contributed by atoms with Gasteiger partial charge in [0.2, 0.25) is 0 Å². The molecule has 0 saturated carbocycles. The Labute approximate surface area is 145 Å². The summed E-state index contributed by atoms with van der Waals surface area (Å²) in [6.45, 7) is 0. The number of nitrogen functional groups attached to an aromatic ring is 1. The Morgan fingerprint density at radius 3 is 2.52 bits per heavy atom. The highest BCUT2D eigenvalue weighted by molar-refractivity contribution is 6.04. The van der Waals surface area contributed by atoms with Crippen LogP contribution in [0.1, 0.15) is 28.0 Å². The van der Waals surface area contributed by atoms with Crippen LogP contribution in [0.3, 0.4) is 0 Å². The van der Waals surface area contributed by atoms with Gasteiger partial charge in [-0.3, -0.25) is 4.79 Å². The molecule has 0 saturated heterocycles. The van der Waals surface area contributed by atoms with Crippen LogP contribution in [0.4, 0.5) is 5.69 Å². The van der Waals surface area contributed by atoms with E-state index in [2.05, 4.69) is 22.3 Å². The zero-order valence-corrected chi connectivity index (χ0v) is 14.0. The minimum atomic E-state index is -0.670. The molecule has 0 unspecified atom stereocenters. The molecule has 0 aliphatic rings. The van der Waals surface area contributed by atoms with Crippen LogP contribution in [0.2, 0.25) is 0 Å². The number of fused-ring (bicyclic) bond motifs is 1. The van der Waals surface area contributed by atoms with Gasteiger partial charge in [-0.05, 0) is 42.5 Å². The maximum absolute atomic E-state index is 11.4. The van der Waals surface area contributed by atoms with Crippen molar-refractivity contribution < 1.29 is 9.53 Å². The molecular formula is C19H20N4O2. The molecule has 3 rings (SSSR count). The minimum absolute atomic E-state index is 0.0166. The van der Waals surface area contributed by atoms with E-state index in [0.717, 1.165) is 36.1 Å². The van der Waals surface area contributed by atoms with E-state index in [1.54, 1.807) is 7.11 Å². The van der Waals surface area contributed by atoms with Gasteiger partial charge < -0.3 is 16.2 Å². The second kappa shape index (κ2) is 7.17. The third-order valence-corrected chi connectivity index (χ3v) is 4.22. The van der Waals surface area contributed by atoms with Crippen molar-refractivity contribution in [3.63, 3.8) is 0 Å². The number of amides is 1. The fraction of sp³-hybridized carbons (Fsp3) is 0.211. The summed E-state index contributed by atoms with van der Waals surface area (Å²) < 4.78 is 5.17. The number of carbonyl (C=O) groups is 1. The van der Waals surface area contributed by atoms with Crippen LogP contribution in [0, 0.1) is 0 Å². The largest absolute Gasteiger partial charge is 0.497 e. The number of nitrogens with zero attached hydrogens (tertiary/aromatic N) is 2. The Bertz CT molecular complexity index is 907. The molecule has 25 heavy (non-hydrogen) atoms. The highest BCUT2D eigenvalue weighted by Crippen LogP contribution is 2.25. The molecular weight excluding hydrogens is 316 g/mol. The van der Waals surface area contributed by atoms with Gasteiger partial charge in [0.1, 0.15) is 5.75 Å². The number of anilines is 1. The standard InChI is InChI=1S/C19H20N4O2/c1-25-14-10-8-12(9-11-14)4-2-5-13-6-3-7-15-16(20)18(19(21)24)23-22-17(13)15/h3,6-11H,2,4-5H2,1H3,(H2,20,22)(H2,21,24). The normalized spacial score (nSPS) is 10.8. The number of rotatable bonds is 6. The molecule has 4 N–H and O–H groups in total. The van der Waals surface area contributed by atoms with Crippen LogP contribution in [0.15, 0.2) is 42.5 Å². The van der Waals surface area contributed by atoms with E-state index in [-0.39, 0.29) is 11.4 Å². The quantitative estimate of drug-likeness (QED) is 0.719. The monoisotopic (exact) mass is 336 g/mol. The molecule has 0 spiro atoms. The summed E-state index contributed by atoms with van der Waals surface area (Å²) in [5.74, 6) is 0.186. The van der Waals surface area contributed by atoms with E-state index >= 15 is 0 Å². The molecule has 6 nitrogen and oxygen atoms in total. The molecule has 0 radical (unpaired) electrons. The van der Waals surface area contributed by atoms with Gasteiger partial charge in [0.05, 0.1) is 18.3 Å². The van der Waals surface area contributed by atoms with Crippen LogP contribution in [-0.2, 0) is 12.8 Å². The number of carbonyl (C=O) groups excluding carboxylic acids is 1. The molecule has 0 bridgehead atoms. The number of methoxy groups -OCH3 is 1. The van der Waals surface area contributed by atoms with Crippen molar-refractivity contribution in [2.24, 2.45) is 5.73 Å². The maximum atomic E-state index is 11.4. The van der Waals surface area contributed by atoms with Crippen molar-refractivity contribution in [1.82, 2.24) is 10.2 Å². The van der Waals surface area contributed by atoms with Gasteiger partial charge in [0.25, 0.3) is 5.91 Å². The lowest BCUT2D eigenvalue weighted by Gasteiger charge is -2.09. The second-order valence-corrected chi connectivity index (χ2v) is 5.84. The average Bonchev–Trinajstić information content (AvgIpc) is 2.63. The van der Waals surface area contributed by atoms with E-state index in [1.165, 1.54) is 5.56 Å². The van der Waals surface area contributed by atoms with Crippen molar-refractivity contribution in [2.75, 3.05) is 12.8 Å². The van der Waals surface area contributed by atoms with Gasteiger partial charge in [0.15, 0.2) is 5.69 Å². The Hall–Kier alpha value is -3.15. The number of benzene rings is 2. The van der Waals surface area contributed by atoms with E-state index in [9.17, 15) is 4.79 Å². The number of primary amides is 1. The van der Waals surface area contributed by atoms with Gasteiger partial charge in [0, 0.05) is 5.39 Å². The number of nitrogens with two attached hydrogens (primary N) is 2. The molecule has 2 aromatic carbocycles. The first kappa shape index (κ1) is 16.7. The van der Waals surface area contributed by atoms with Crippen LogP contribution in [0.25, 0.3) is 10.9 Å². The number of aromatic nitrogens is 2. The van der Waals surface area contributed by atoms with Crippen molar-refractivity contribution in [3.8, 4) is 5.75 Å². The first-order valence-corrected chi connectivity index (χ1v) is 8.06. The lowest BCUT2D eigenvalue weighted by Crippen LogP contribution is -2.17. The Morgan fingerprint density at radius 1 is 1.08 bits per heavy atom. The molecule has 1 heterocycles. The molecule has 1 aromatic heterocycles. The first-order valence-electron chi connectivity index (χ1n) is 8.06. The van der Waals surface area contributed by atoms with E-state index in [1.807, 2.05) is 30.3 Å². The second-order valence-electron chi connectivity index (χ2n) is 5.84. The summed E-state index contributed by atoms with van der Waals surface area (Å²) in [4.78, 5) is 11.4. The van der Waals surface area contributed by atoms with E-state index in [0.29, 0.717) is 5.39 Å². The zero-order valence-electron chi connectivity index (χ0n) is 14.0. The summed E-state index contributed by atoms with van der Waals surface area (Å²) in [5, 5.41) is 8.77. The molecule has 0 aliphatic carbocycles. The first-order chi connectivity index (χ1) is 12.1. The zero-order chi connectivity index (χ0) is 17.8. The Balaban J connectivity index is 1.77. The van der Waals surface area contributed by atoms with Gasteiger partial charge in [-0.15, -0.1) is 10.2 Å². The average molecular weight is 336 g/mol. The Kier molecular flexibility index (Phi) is 4.79. The van der Waals surface area contributed by atoms with Crippen molar-refractivity contribution in [1.29, 1.82) is 0 Å². The number of aryl methyl sites for hydroxylation is 2. The lowest BCUT2D eigenvalue weighted by molar-refractivity contribution is 0.0996. The minimum Gasteiger partial charge on any atom is -0.497 e. The number of hydrogen-bond acceptors (Lipinski definition) is 5. The van der Waals surface area contributed by atoms with Gasteiger partial charge in [-0.25, -0.2) is 0 Å². The van der Waals surface area contributed by atoms with Gasteiger partial charge in [-0.2, -0.15) is 0 Å². The Morgan fingerprint density at radius 2 is 1.84 bits per heavy atom. The van der Waals surface area contributed by atoms with Crippen molar-refractivity contribution >= 4 is 22.5 Å². The predicted molar refractivity (Wildman–Crippen MR) is 97.5 cm³/mol. The van der Waals surface area contributed by atoms with Crippen molar-refractivity contribution in [3.05, 3.63) is 59.3 Å². The molecule has 3 aromatic rings. The van der Waals surface area contributed by atoms with Crippen LogP contribution in [0.5, 0.6) is 5.75 Å². The fourth-order valence-corrected chi connectivity index (χ4v) is 2.87. The summed E-state index contributed by atoms with van der Waals surface area (Å²) >= 11 is 0. The van der Waals surface area contributed by atoms with E-state index in [4.69, 9.17) is 16.2 Å². The smallest absolute Gasteiger partial charge is 0.271 e. The summed E-state index contributed by atoms with van der Waals surface area (Å²) in [7, 11) is 1.66. The highest BCUT2D eigenvalue weighted by atomic mass is 16.5. The highest BCUT2D eigenvalue weighted by Gasteiger charge is 2.14. The summed E-state index contributed by atoms with van der Waals surface area (Å²) in [5.41, 5.74) is 14.6. The number of hydrogen-bond donors (Lipinski definition) is 2. The molecule has 1 amide bonds. The van der Waals surface area contributed by atoms with Crippen LogP contribution >= 0.6 is 0 Å². The van der Waals surface area contributed by atoms with Gasteiger partial charge >= 0.3 is 0 Å². The number of ether oxygens (including phenoxy) is 1. The predicted octanol–water partition coefficient (Wildman–Crippen LogP) is 2.49. The summed E-state index contributed by atoms with van der Waals surface area (Å²) in [6, 6.07) is 13.8. The topological polar surface area (TPSA) is 104 Å². The molecule has 0 atom stereocenters. The molecule has 0 aliphatic heterocycles. The molecule has 128 valence electrons. The molecule has 6 heteroatoms. The summed E-state index contributed by atoms with van der Waals surface area (Å²) in [6.07, 6.45) is 2.75.